The van der Waals surface area contributed by atoms with E-state index in [1.54, 1.807) is 0 Å². The smallest absolute Gasteiger partial charge is 0.249 e. The number of nitrogens with zero attached hydrogens (tertiary/aromatic N) is 1. The molecule has 0 saturated heterocycles. The maximum Gasteiger partial charge on any atom is 0.249 e. The highest BCUT2D eigenvalue weighted by Gasteiger charge is 2.12. The topological polar surface area (TPSA) is 83.8 Å². The van der Waals surface area contributed by atoms with E-state index in [0.29, 0.717) is 0 Å². The summed E-state index contributed by atoms with van der Waals surface area (Å²) in [6.45, 7) is 0. The molecule has 7 heteroatoms. The average molecular weight is 180 g/mol. The maximum absolute atomic E-state index is 10.5. The van der Waals surface area contributed by atoms with E-state index >= 15 is 0 Å². The second kappa shape index (κ2) is 2.26. The number of rotatable bonds is 0. The largest absolute Gasteiger partial charge is 0.432 e. The zero-order valence-electron chi connectivity index (χ0n) is 4.51. The van der Waals surface area contributed by atoms with Crippen molar-refractivity contribution in [2.75, 3.05) is 0 Å². The molecule has 10 heavy (non-hydrogen) atoms. The first-order valence-electron chi connectivity index (χ1n) is 2.06. The zero-order valence-corrected chi connectivity index (χ0v) is 6.15. The first-order valence-corrected chi connectivity index (χ1v) is 4.72. The van der Waals surface area contributed by atoms with Crippen molar-refractivity contribution in [2.45, 2.75) is 0 Å². The molecule has 1 N–H and O–H groups in total. The molecule has 0 amide bonds. The van der Waals surface area contributed by atoms with Gasteiger partial charge in [-0.2, -0.15) is 0 Å². The molecular weight excluding hydrogens is 178 g/mol. The van der Waals surface area contributed by atoms with Gasteiger partial charge < -0.3 is 4.99 Å². The molecule has 0 radical (unpaired) electrons. The Morgan fingerprint density at radius 1 is 1.70 bits per heavy atom. The van der Waals surface area contributed by atoms with Crippen LogP contribution >= 0.6 is 0 Å². The van der Waals surface area contributed by atoms with Gasteiger partial charge in [0.15, 0.2) is 0 Å². The fourth-order valence-corrected chi connectivity index (χ4v) is 1.92. The summed E-state index contributed by atoms with van der Waals surface area (Å²) in [6.07, 6.45) is 2.05. The molecular formula is C3H2NO4S2-. The lowest BCUT2D eigenvalue weighted by Gasteiger charge is -1.99. The van der Waals surface area contributed by atoms with E-state index in [1.165, 1.54) is 0 Å². The maximum atomic E-state index is 10.5. The second-order valence-electron chi connectivity index (χ2n) is 1.40. The van der Waals surface area contributed by atoms with Gasteiger partial charge >= 0.3 is 0 Å². The summed E-state index contributed by atoms with van der Waals surface area (Å²) in [5.74, 6) is 0. The van der Waals surface area contributed by atoms with Gasteiger partial charge in [0.25, 0.3) is 0 Å². The molecule has 0 saturated carbocycles. The number of hydrogen-bond acceptors (Lipinski definition) is 4. The Morgan fingerprint density at radius 3 is 2.50 bits per heavy atom. The fraction of sp³-hybridized carbons (Fsp3) is 0. The van der Waals surface area contributed by atoms with Crippen molar-refractivity contribution in [2.24, 2.45) is 4.99 Å². The van der Waals surface area contributed by atoms with Crippen molar-refractivity contribution in [3.8, 4) is 0 Å². The molecule has 0 spiro atoms. The fourth-order valence-electron chi connectivity index (χ4n) is 0.384. The Hall–Kier alpha value is -0.530. The minimum atomic E-state index is -4.40. The van der Waals surface area contributed by atoms with Crippen LogP contribution < -0.4 is 0 Å². The van der Waals surface area contributed by atoms with E-state index in [9.17, 15) is 12.6 Å². The summed E-state index contributed by atoms with van der Waals surface area (Å²) >= 11 is 0. The molecule has 5 nitrogen and oxygen atoms in total. The standard InChI is InChI=1S/C3H2NO4S2/c5-9-2-1-4-3(9)10(6,7)8/h2H,(H,6,7,8)/q-1. The Labute approximate surface area is 59.7 Å². The molecule has 1 atom stereocenters. The third-order valence-electron chi connectivity index (χ3n) is 0.708. The van der Waals surface area contributed by atoms with Crippen LogP contribution in [-0.2, 0) is 20.9 Å². The third kappa shape index (κ3) is 1.31. The van der Waals surface area contributed by atoms with Crippen molar-refractivity contribution in [1.82, 2.24) is 0 Å². The predicted molar refractivity (Wildman–Crippen MR) is 34.9 cm³/mol. The van der Waals surface area contributed by atoms with Gasteiger partial charge in [0.1, 0.15) is 0 Å². The van der Waals surface area contributed by atoms with Crippen LogP contribution in [0.5, 0.6) is 0 Å². The van der Waals surface area contributed by atoms with Crippen LogP contribution in [0, 0.1) is 6.20 Å². The monoisotopic (exact) mass is 180 g/mol. The molecule has 0 aliphatic carbocycles. The molecule has 1 rings (SSSR count). The first-order chi connectivity index (χ1) is 4.52. The van der Waals surface area contributed by atoms with Crippen LogP contribution in [0.3, 0.4) is 0 Å². The lowest BCUT2D eigenvalue weighted by Crippen LogP contribution is -2.14. The SMILES string of the molecule is O=S1C=[C-]N=C1S(=O)(=O)O. The van der Waals surface area contributed by atoms with E-state index in [2.05, 4.69) is 11.2 Å². The van der Waals surface area contributed by atoms with Crippen LogP contribution in [-0.4, -0.2) is 21.6 Å². The van der Waals surface area contributed by atoms with Gasteiger partial charge in [0.05, 0.1) is 4.38 Å². The van der Waals surface area contributed by atoms with Crippen molar-refractivity contribution in [1.29, 1.82) is 0 Å². The van der Waals surface area contributed by atoms with Crippen molar-refractivity contribution in [3.05, 3.63) is 11.6 Å². The molecule has 0 aromatic carbocycles. The summed E-state index contributed by atoms with van der Waals surface area (Å²) in [5, 5.41) is 0.948. The second-order valence-corrected chi connectivity index (χ2v) is 4.21. The summed E-state index contributed by atoms with van der Waals surface area (Å²) in [6, 6.07) is 0. The quantitative estimate of drug-likeness (QED) is 0.393. The Morgan fingerprint density at radius 2 is 2.30 bits per heavy atom. The summed E-state index contributed by atoms with van der Waals surface area (Å²) in [4.78, 5) is 3.06. The highest BCUT2D eigenvalue weighted by atomic mass is 32.3. The summed E-state index contributed by atoms with van der Waals surface area (Å²) in [5.41, 5.74) is 0. The van der Waals surface area contributed by atoms with Crippen LogP contribution in [0.15, 0.2) is 10.4 Å². The highest BCUT2D eigenvalue weighted by molar-refractivity contribution is 8.27. The molecule has 1 heterocycles. The van der Waals surface area contributed by atoms with Crippen molar-refractivity contribution >= 4 is 25.3 Å². The average Bonchev–Trinajstić information content (AvgIpc) is 2.11. The van der Waals surface area contributed by atoms with Crippen LogP contribution in [0.1, 0.15) is 0 Å². The lowest BCUT2D eigenvalue weighted by atomic mass is 11.1. The van der Waals surface area contributed by atoms with Gasteiger partial charge in [-0.25, -0.2) is 8.42 Å². The van der Waals surface area contributed by atoms with Crippen LogP contribution in [0.4, 0.5) is 0 Å². The van der Waals surface area contributed by atoms with Crippen LogP contribution in [0.25, 0.3) is 0 Å². The van der Waals surface area contributed by atoms with E-state index < -0.39 is 25.3 Å². The molecule has 56 valence electrons. The zero-order chi connectivity index (χ0) is 7.78. The molecule has 1 unspecified atom stereocenters. The molecule has 0 fully saturated rings. The van der Waals surface area contributed by atoms with Crippen molar-refractivity contribution in [3.63, 3.8) is 0 Å². The van der Waals surface area contributed by atoms with Gasteiger partial charge in [-0.05, 0) is 0 Å². The van der Waals surface area contributed by atoms with E-state index in [1.807, 2.05) is 0 Å². The Kier molecular flexibility index (Phi) is 1.71. The Balaban J connectivity index is 3.12. The van der Waals surface area contributed by atoms with Crippen LogP contribution in [0.2, 0.25) is 0 Å². The molecule has 1 aliphatic rings. The summed E-state index contributed by atoms with van der Waals surface area (Å²) in [7, 11) is -6.25. The number of hydrogen-bond donors (Lipinski definition) is 1. The van der Waals surface area contributed by atoms with E-state index in [-0.39, 0.29) is 0 Å². The van der Waals surface area contributed by atoms with Gasteiger partial charge in [-0.15, -0.1) is 6.20 Å². The molecule has 0 bridgehead atoms. The van der Waals surface area contributed by atoms with Gasteiger partial charge in [0.2, 0.25) is 10.1 Å². The van der Waals surface area contributed by atoms with Crippen molar-refractivity contribution < 1.29 is 17.2 Å². The van der Waals surface area contributed by atoms with E-state index in [0.717, 1.165) is 5.41 Å². The first kappa shape index (κ1) is 7.58. The minimum absolute atomic E-state index is 0.757. The predicted octanol–water partition coefficient (Wildman–Crippen LogP) is -0.733. The summed E-state index contributed by atoms with van der Waals surface area (Å²) < 4.78 is 38.5. The molecule has 1 aliphatic heterocycles. The molecule has 0 aromatic heterocycles. The lowest BCUT2D eigenvalue weighted by molar-refractivity contribution is 0.499. The normalized spacial score (nSPS) is 24.9. The number of aliphatic imine (C=N–C) groups is 1. The van der Waals surface area contributed by atoms with Gasteiger partial charge in [-0.3, -0.25) is 8.76 Å². The Bertz CT molecular complexity index is 324. The van der Waals surface area contributed by atoms with E-state index in [4.69, 9.17) is 4.55 Å². The third-order valence-corrected chi connectivity index (χ3v) is 3.12. The molecule has 0 aromatic rings. The highest BCUT2D eigenvalue weighted by Crippen LogP contribution is 2.04. The minimum Gasteiger partial charge on any atom is -0.432 e. The van der Waals surface area contributed by atoms with Gasteiger partial charge in [0, 0.05) is 10.8 Å². The van der Waals surface area contributed by atoms with Gasteiger partial charge in [-0.1, -0.05) is 5.41 Å².